The van der Waals surface area contributed by atoms with E-state index in [0.29, 0.717) is 18.1 Å². The van der Waals surface area contributed by atoms with Crippen molar-refractivity contribution in [2.24, 2.45) is 0 Å². The van der Waals surface area contributed by atoms with Crippen molar-refractivity contribution < 1.29 is 9.53 Å². The van der Waals surface area contributed by atoms with Crippen LogP contribution in [0.25, 0.3) is 0 Å². The van der Waals surface area contributed by atoms with E-state index < -0.39 is 5.60 Å². The second kappa shape index (κ2) is 7.75. The first-order chi connectivity index (χ1) is 10.4. The van der Waals surface area contributed by atoms with Gasteiger partial charge in [0, 0.05) is 33.8 Å². The Morgan fingerprint density at radius 1 is 1.26 bits per heavy atom. The molecule has 6 heteroatoms. The fourth-order valence-corrected chi connectivity index (χ4v) is 2.51. The van der Waals surface area contributed by atoms with Crippen molar-refractivity contribution in [2.45, 2.75) is 52.7 Å². The van der Waals surface area contributed by atoms with Gasteiger partial charge in [0.25, 0.3) is 0 Å². The fraction of sp³-hybridized carbons (Fsp3) is 0.588. The highest BCUT2D eigenvalue weighted by atomic mass is 79.9. The Morgan fingerprint density at radius 3 is 2.39 bits per heavy atom. The molecular formula is C17H26BrClN2O2. The zero-order valence-corrected chi connectivity index (χ0v) is 17.0. The number of amides is 1. The molecule has 1 rings (SSSR count). The predicted octanol–water partition coefficient (Wildman–Crippen LogP) is 5.55. The first kappa shape index (κ1) is 20.1. The standard InChI is InChI=1S/C17H26BrClN2O2/c1-16(2,3)21(15(22)23-17(4,5)6)10-9-20-14-11-12(19)7-8-13(14)18/h7-8,11,20H,9-10H2,1-6H3. The Labute approximate surface area is 152 Å². The molecule has 0 spiro atoms. The van der Waals surface area contributed by atoms with E-state index >= 15 is 0 Å². The number of hydrogen-bond donors (Lipinski definition) is 1. The number of ether oxygens (including phenoxy) is 1. The molecule has 0 saturated heterocycles. The fourth-order valence-electron chi connectivity index (χ4n) is 1.95. The van der Waals surface area contributed by atoms with E-state index in [1.165, 1.54) is 0 Å². The molecule has 0 bridgehead atoms. The SMILES string of the molecule is CC(C)(C)OC(=O)N(CCNc1cc(Cl)ccc1Br)C(C)(C)C. The molecule has 130 valence electrons. The zero-order valence-electron chi connectivity index (χ0n) is 14.7. The van der Waals surface area contributed by atoms with Gasteiger partial charge in [-0.2, -0.15) is 0 Å². The van der Waals surface area contributed by atoms with Gasteiger partial charge < -0.3 is 15.0 Å². The number of nitrogens with one attached hydrogen (secondary N) is 1. The topological polar surface area (TPSA) is 41.6 Å². The van der Waals surface area contributed by atoms with Gasteiger partial charge in [0.05, 0.1) is 0 Å². The van der Waals surface area contributed by atoms with Gasteiger partial charge in [0.15, 0.2) is 0 Å². The Morgan fingerprint density at radius 2 is 1.87 bits per heavy atom. The Hall–Kier alpha value is -0.940. The van der Waals surface area contributed by atoms with Crippen LogP contribution in [0, 0.1) is 0 Å². The van der Waals surface area contributed by atoms with Crippen LogP contribution in [0.2, 0.25) is 5.02 Å². The van der Waals surface area contributed by atoms with Gasteiger partial charge in [0.1, 0.15) is 5.60 Å². The second-order valence-corrected chi connectivity index (χ2v) is 8.64. The summed E-state index contributed by atoms with van der Waals surface area (Å²) in [5, 5.41) is 3.96. The number of halogens is 2. The van der Waals surface area contributed by atoms with Gasteiger partial charge in [-0.15, -0.1) is 0 Å². The van der Waals surface area contributed by atoms with Gasteiger partial charge >= 0.3 is 6.09 Å². The number of nitrogens with zero attached hydrogens (tertiary/aromatic N) is 1. The van der Waals surface area contributed by atoms with Crippen molar-refractivity contribution in [1.82, 2.24) is 4.90 Å². The summed E-state index contributed by atoms with van der Waals surface area (Å²) in [5.74, 6) is 0. The lowest BCUT2D eigenvalue weighted by Gasteiger charge is -2.37. The number of anilines is 1. The number of carbonyl (C=O) groups excluding carboxylic acids is 1. The van der Waals surface area contributed by atoms with Crippen molar-refractivity contribution in [1.29, 1.82) is 0 Å². The molecule has 0 aromatic heterocycles. The van der Waals surface area contributed by atoms with Crippen LogP contribution < -0.4 is 5.32 Å². The number of hydrogen-bond acceptors (Lipinski definition) is 3. The Balaban J connectivity index is 2.72. The molecule has 0 atom stereocenters. The number of benzene rings is 1. The molecule has 0 unspecified atom stereocenters. The molecule has 4 nitrogen and oxygen atoms in total. The highest BCUT2D eigenvalue weighted by Gasteiger charge is 2.30. The summed E-state index contributed by atoms with van der Waals surface area (Å²) in [5.41, 5.74) is 0.0649. The molecule has 0 aliphatic heterocycles. The summed E-state index contributed by atoms with van der Waals surface area (Å²) < 4.78 is 6.43. The van der Waals surface area contributed by atoms with Crippen molar-refractivity contribution in [3.63, 3.8) is 0 Å². The summed E-state index contributed by atoms with van der Waals surface area (Å²) in [4.78, 5) is 14.1. The van der Waals surface area contributed by atoms with Crippen LogP contribution in [0.5, 0.6) is 0 Å². The minimum atomic E-state index is -0.510. The highest BCUT2D eigenvalue weighted by molar-refractivity contribution is 9.10. The van der Waals surface area contributed by atoms with Crippen molar-refractivity contribution in [3.8, 4) is 0 Å². The van der Waals surface area contributed by atoms with E-state index in [-0.39, 0.29) is 11.6 Å². The summed E-state index contributed by atoms with van der Waals surface area (Å²) in [6, 6.07) is 5.56. The van der Waals surface area contributed by atoms with E-state index in [2.05, 4.69) is 21.2 Å². The van der Waals surface area contributed by atoms with Crippen LogP contribution in [0.1, 0.15) is 41.5 Å². The van der Waals surface area contributed by atoms with E-state index in [9.17, 15) is 4.79 Å². The molecular weight excluding hydrogens is 380 g/mol. The third-order valence-corrected chi connectivity index (χ3v) is 3.93. The van der Waals surface area contributed by atoms with Crippen molar-refractivity contribution >= 4 is 39.3 Å². The molecule has 0 saturated carbocycles. The Bertz CT molecular complexity index is 551. The van der Waals surface area contributed by atoms with Gasteiger partial charge in [-0.25, -0.2) is 4.79 Å². The van der Waals surface area contributed by atoms with E-state index in [1.54, 1.807) is 4.90 Å². The molecule has 0 aliphatic rings. The Kier molecular flexibility index (Phi) is 6.78. The van der Waals surface area contributed by atoms with Crippen LogP contribution in [0.4, 0.5) is 10.5 Å². The van der Waals surface area contributed by atoms with Crippen molar-refractivity contribution in [3.05, 3.63) is 27.7 Å². The maximum atomic E-state index is 12.4. The number of rotatable bonds is 4. The molecule has 0 radical (unpaired) electrons. The van der Waals surface area contributed by atoms with Gasteiger partial charge in [-0.05, 0) is 75.7 Å². The predicted molar refractivity (Wildman–Crippen MR) is 100 cm³/mol. The van der Waals surface area contributed by atoms with Crippen LogP contribution in [0.15, 0.2) is 22.7 Å². The van der Waals surface area contributed by atoms with Gasteiger partial charge in [0.2, 0.25) is 0 Å². The lowest BCUT2D eigenvalue weighted by atomic mass is 10.1. The van der Waals surface area contributed by atoms with E-state index in [4.69, 9.17) is 16.3 Å². The molecule has 1 N–H and O–H groups in total. The van der Waals surface area contributed by atoms with Crippen LogP contribution >= 0.6 is 27.5 Å². The first-order valence-electron chi connectivity index (χ1n) is 7.60. The summed E-state index contributed by atoms with van der Waals surface area (Å²) in [6.45, 7) is 12.7. The van der Waals surface area contributed by atoms with Crippen LogP contribution in [0.3, 0.4) is 0 Å². The van der Waals surface area contributed by atoms with Gasteiger partial charge in [-0.3, -0.25) is 0 Å². The molecule has 0 aliphatic carbocycles. The summed E-state index contributed by atoms with van der Waals surface area (Å²) >= 11 is 9.49. The third kappa shape index (κ3) is 7.00. The maximum Gasteiger partial charge on any atom is 0.410 e. The molecule has 0 fully saturated rings. The first-order valence-corrected chi connectivity index (χ1v) is 8.77. The smallest absolute Gasteiger partial charge is 0.410 e. The van der Waals surface area contributed by atoms with E-state index in [0.717, 1.165) is 10.2 Å². The third-order valence-electron chi connectivity index (χ3n) is 3.00. The van der Waals surface area contributed by atoms with Crippen molar-refractivity contribution in [2.75, 3.05) is 18.4 Å². The second-order valence-electron chi connectivity index (χ2n) is 7.35. The highest BCUT2D eigenvalue weighted by Crippen LogP contribution is 2.26. The molecule has 1 amide bonds. The quantitative estimate of drug-likeness (QED) is 0.714. The summed E-state index contributed by atoms with van der Waals surface area (Å²) in [6.07, 6.45) is -0.308. The largest absolute Gasteiger partial charge is 0.444 e. The molecule has 23 heavy (non-hydrogen) atoms. The average Bonchev–Trinajstić information content (AvgIpc) is 2.34. The summed E-state index contributed by atoms with van der Waals surface area (Å²) in [7, 11) is 0. The molecule has 1 aromatic rings. The van der Waals surface area contributed by atoms with E-state index in [1.807, 2.05) is 59.7 Å². The monoisotopic (exact) mass is 404 g/mol. The average molecular weight is 406 g/mol. The molecule has 1 aromatic carbocycles. The number of carbonyl (C=O) groups is 1. The zero-order chi connectivity index (χ0) is 17.8. The lowest BCUT2D eigenvalue weighted by Crippen LogP contribution is -2.49. The maximum absolute atomic E-state index is 12.4. The molecule has 0 heterocycles. The minimum absolute atomic E-state index is 0.308. The normalized spacial score (nSPS) is 12.0. The van der Waals surface area contributed by atoms with Crippen LogP contribution in [-0.2, 0) is 4.74 Å². The minimum Gasteiger partial charge on any atom is -0.444 e. The van der Waals surface area contributed by atoms with Crippen LogP contribution in [-0.4, -0.2) is 35.2 Å². The lowest BCUT2D eigenvalue weighted by molar-refractivity contribution is 0.00749. The van der Waals surface area contributed by atoms with Gasteiger partial charge in [-0.1, -0.05) is 11.6 Å².